The SMILES string of the molecule is CN1C(=O)c2ccc(C(=O)OCc3nc(-c4ccc(F)cc4)no3)cc2C1=O. The Hall–Kier alpha value is -3.88. The molecular weight excluding hydrogens is 369 g/mol. The molecule has 140 valence electrons. The molecule has 28 heavy (non-hydrogen) atoms. The Kier molecular flexibility index (Phi) is 4.19. The zero-order valence-electron chi connectivity index (χ0n) is 14.5. The van der Waals surface area contributed by atoms with Crippen molar-refractivity contribution in [2.75, 3.05) is 7.05 Å². The summed E-state index contributed by atoms with van der Waals surface area (Å²) in [7, 11) is 1.37. The molecule has 9 heteroatoms. The van der Waals surface area contributed by atoms with E-state index in [2.05, 4.69) is 10.1 Å². The lowest BCUT2D eigenvalue weighted by molar-refractivity contribution is 0.0429. The number of ether oxygens (including phenoxy) is 1. The normalized spacial score (nSPS) is 13.0. The summed E-state index contributed by atoms with van der Waals surface area (Å²) in [5, 5.41) is 3.75. The Balaban J connectivity index is 1.45. The number of fused-ring (bicyclic) bond motifs is 1. The number of carbonyl (C=O) groups excluding carboxylic acids is 3. The van der Waals surface area contributed by atoms with Crippen LogP contribution in [0.3, 0.4) is 0 Å². The predicted octanol–water partition coefficient (Wildman–Crippen LogP) is 2.46. The quantitative estimate of drug-likeness (QED) is 0.505. The van der Waals surface area contributed by atoms with E-state index in [-0.39, 0.29) is 40.8 Å². The van der Waals surface area contributed by atoms with Gasteiger partial charge >= 0.3 is 5.97 Å². The molecule has 0 N–H and O–H groups in total. The maximum Gasteiger partial charge on any atom is 0.338 e. The zero-order chi connectivity index (χ0) is 19.8. The highest BCUT2D eigenvalue weighted by molar-refractivity contribution is 6.21. The molecule has 1 aromatic heterocycles. The predicted molar refractivity (Wildman–Crippen MR) is 91.7 cm³/mol. The van der Waals surface area contributed by atoms with Gasteiger partial charge in [0.2, 0.25) is 5.82 Å². The van der Waals surface area contributed by atoms with Crippen LogP contribution in [0.4, 0.5) is 4.39 Å². The van der Waals surface area contributed by atoms with Crippen LogP contribution in [0.25, 0.3) is 11.4 Å². The van der Waals surface area contributed by atoms with Crippen molar-refractivity contribution in [1.82, 2.24) is 15.0 Å². The lowest BCUT2D eigenvalue weighted by Gasteiger charge is -2.03. The van der Waals surface area contributed by atoms with Gasteiger partial charge in [-0.3, -0.25) is 14.5 Å². The van der Waals surface area contributed by atoms with E-state index < -0.39 is 17.8 Å². The number of rotatable bonds is 4. The lowest BCUT2D eigenvalue weighted by atomic mass is 10.1. The number of nitrogens with zero attached hydrogens (tertiary/aromatic N) is 3. The minimum Gasteiger partial charge on any atom is -0.452 e. The minimum absolute atomic E-state index is 0.0554. The third kappa shape index (κ3) is 3.02. The summed E-state index contributed by atoms with van der Waals surface area (Å²) in [6.45, 7) is -0.281. The summed E-state index contributed by atoms with van der Waals surface area (Å²) in [4.78, 5) is 41.2. The van der Waals surface area contributed by atoms with Crippen molar-refractivity contribution in [3.63, 3.8) is 0 Å². The average molecular weight is 381 g/mol. The number of halogens is 1. The Morgan fingerprint density at radius 2 is 1.82 bits per heavy atom. The van der Waals surface area contributed by atoms with E-state index in [0.29, 0.717) is 5.56 Å². The Morgan fingerprint density at radius 3 is 2.57 bits per heavy atom. The molecule has 0 bridgehead atoms. The number of hydrogen-bond donors (Lipinski definition) is 0. The summed E-state index contributed by atoms with van der Waals surface area (Å²) in [6, 6.07) is 9.66. The van der Waals surface area contributed by atoms with E-state index >= 15 is 0 Å². The van der Waals surface area contributed by atoms with Gasteiger partial charge in [0.05, 0.1) is 16.7 Å². The number of imide groups is 1. The van der Waals surface area contributed by atoms with Crippen molar-refractivity contribution >= 4 is 17.8 Å². The molecule has 8 nitrogen and oxygen atoms in total. The van der Waals surface area contributed by atoms with Gasteiger partial charge in [-0.1, -0.05) is 5.16 Å². The molecule has 0 fully saturated rings. The summed E-state index contributed by atoms with van der Waals surface area (Å²) in [5.41, 5.74) is 1.06. The summed E-state index contributed by atoms with van der Waals surface area (Å²) in [6.07, 6.45) is 0. The fraction of sp³-hybridized carbons (Fsp3) is 0.105. The van der Waals surface area contributed by atoms with Gasteiger partial charge in [-0.15, -0.1) is 0 Å². The van der Waals surface area contributed by atoms with Crippen LogP contribution in [0.5, 0.6) is 0 Å². The van der Waals surface area contributed by atoms with E-state index in [1.807, 2.05) is 0 Å². The summed E-state index contributed by atoms with van der Waals surface area (Å²) >= 11 is 0. The van der Waals surface area contributed by atoms with E-state index in [0.717, 1.165) is 4.90 Å². The van der Waals surface area contributed by atoms with Crippen molar-refractivity contribution < 1.29 is 28.0 Å². The number of amides is 2. The monoisotopic (exact) mass is 381 g/mol. The van der Waals surface area contributed by atoms with Crippen molar-refractivity contribution in [3.8, 4) is 11.4 Å². The van der Waals surface area contributed by atoms with Crippen LogP contribution in [0, 0.1) is 5.82 Å². The van der Waals surface area contributed by atoms with Crippen molar-refractivity contribution in [1.29, 1.82) is 0 Å². The fourth-order valence-electron chi connectivity index (χ4n) is 2.73. The molecular formula is C19H12FN3O5. The van der Waals surface area contributed by atoms with Crippen LogP contribution in [0.15, 0.2) is 47.0 Å². The molecule has 0 aliphatic carbocycles. The zero-order valence-corrected chi connectivity index (χ0v) is 14.5. The van der Waals surface area contributed by atoms with Crippen molar-refractivity contribution in [3.05, 3.63) is 70.9 Å². The number of benzene rings is 2. The van der Waals surface area contributed by atoms with Gasteiger partial charge in [-0.2, -0.15) is 4.98 Å². The van der Waals surface area contributed by atoms with Gasteiger partial charge in [0, 0.05) is 12.6 Å². The Bertz CT molecular complexity index is 1110. The van der Waals surface area contributed by atoms with Crippen LogP contribution >= 0.6 is 0 Å². The van der Waals surface area contributed by atoms with Crippen molar-refractivity contribution in [2.24, 2.45) is 0 Å². The van der Waals surface area contributed by atoms with E-state index in [4.69, 9.17) is 9.26 Å². The third-order valence-electron chi connectivity index (χ3n) is 4.22. The smallest absolute Gasteiger partial charge is 0.338 e. The second-order valence-electron chi connectivity index (χ2n) is 6.02. The molecule has 1 aliphatic rings. The number of aromatic nitrogens is 2. The largest absolute Gasteiger partial charge is 0.452 e. The van der Waals surface area contributed by atoms with Gasteiger partial charge in [-0.05, 0) is 42.5 Å². The molecule has 0 spiro atoms. The molecule has 0 unspecified atom stereocenters. The fourth-order valence-corrected chi connectivity index (χ4v) is 2.73. The number of hydrogen-bond acceptors (Lipinski definition) is 7. The maximum atomic E-state index is 13.0. The van der Waals surface area contributed by atoms with Crippen LogP contribution in [-0.2, 0) is 11.3 Å². The van der Waals surface area contributed by atoms with Gasteiger partial charge in [0.25, 0.3) is 17.7 Å². The van der Waals surface area contributed by atoms with Crippen LogP contribution in [0.1, 0.15) is 37.0 Å². The molecule has 0 saturated heterocycles. The van der Waals surface area contributed by atoms with E-state index in [9.17, 15) is 18.8 Å². The highest BCUT2D eigenvalue weighted by atomic mass is 19.1. The van der Waals surface area contributed by atoms with Crippen LogP contribution in [-0.4, -0.2) is 39.9 Å². The highest BCUT2D eigenvalue weighted by Gasteiger charge is 2.33. The molecule has 2 aromatic carbocycles. The summed E-state index contributed by atoms with van der Waals surface area (Å²) in [5.74, 6) is -1.70. The van der Waals surface area contributed by atoms with E-state index in [1.54, 1.807) is 0 Å². The molecule has 0 atom stereocenters. The number of carbonyl (C=O) groups is 3. The third-order valence-corrected chi connectivity index (χ3v) is 4.22. The number of esters is 1. The molecule has 1 aliphatic heterocycles. The molecule has 2 amide bonds. The van der Waals surface area contributed by atoms with Gasteiger partial charge in [-0.25, -0.2) is 9.18 Å². The Morgan fingerprint density at radius 1 is 1.11 bits per heavy atom. The molecule has 0 saturated carbocycles. The standard InChI is InChI=1S/C19H12FN3O5/c1-23-17(24)13-7-4-11(8-14(13)18(23)25)19(26)27-9-15-21-16(22-28-15)10-2-5-12(20)6-3-10/h2-8H,9H2,1H3. The van der Waals surface area contributed by atoms with Crippen molar-refractivity contribution in [2.45, 2.75) is 6.61 Å². The minimum atomic E-state index is -0.709. The first-order valence-corrected chi connectivity index (χ1v) is 8.16. The maximum absolute atomic E-state index is 13.0. The van der Waals surface area contributed by atoms with Crippen LogP contribution in [0.2, 0.25) is 0 Å². The van der Waals surface area contributed by atoms with Gasteiger partial charge < -0.3 is 9.26 Å². The first-order valence-electron chi connectivity index (χ1n) is 8.16. The second kappa shape index (κ2) is 6.69. The highest BCUT2D eigenvalue weighted by Crippen LogP contribution is 2.23. The topological polar surface area (TPSA) is 103 Å². The molecule has 4 rings (SSSR count). The first-order chi connectivity index (χ1) is 13.4. The van der Waals surface area contributed by atoms with Gasteiger partial charge in [0.1, 0.15) is 5.82 Å². The second-order valence-corrected chi connectivity index (χ2v) is 6.02. The summed E-state index contributed by atoms with van der Waals surface area (Å²) < 4.78 is 23.1. The first kappa shape index (κ1) is 17.5. The molecule has 0 radical (unpaired) electrons. The average Bonchev–Trinajstić information content (AvgIpc) is 3.26. The van der Waals surface area contributed by atoms with Gasteiger partial charge in [0.15, 0.2) is 6.61 Å². The lowest BCUT2D eigenvalue weighted by Crippen LogP contribution is -2.24. The van der Waals surface area contributed by atoms with Crippen LogP contribution < -0.4 is 0 Å². The molecule has 2 heterocycles. The molecule has 3 aromatic rings. The van der Waals surface area contributed by atoms with E-state index in [1.165, 1.54) is 49.5 Å². The Labute approximate surface area is 157 Å².